The zero-order chi connectivity index (χ0) is 11.7. The second-order valence-electron chi connectivity index (χ2n) is 3.94. The highest BCUT2D eigenvalue weighted by atomic mass is 32.2. The molecule has 0 amide bonds. The van der Waals surface area contributed by atoms with Gasteiger partial charge >= 0.3 is 0 Å². The van der Waals surface area contributed by atoms with Gasteiger partial charge in [0, 0.05) is 15.8 Å². The summed E-state index contributed by atoms with van der Waals surface area (Å²) in [6, 6.07) is 18.9. The fourth-order valence-corrected chi connectivity index (χ4v) is 2.91. The average molecular weight is 239 g/mol. The van der Waals surface area contributed by atoms with E-state index in [4.69, 9.17) is 0 Å². The number of para-hydroxylation sites is 1. The van der Waals surface area contributed by atoms with Gasteiger partial charge in [0.2, 0.25) is 0 Å². The summed E-state index contributed by atoms with van der Waals surface area (Å²) in [6.07, 6.45) is 2.13. The minimum atomic E-state index is 1.20. The van der Waals surface area contributed by atoms with Gasteiger partial charge in [0.05, 0.1) is 5.69 Å². The van der Waals surface area contributed by atoms with Crippen molar-refractivity contribution < 1.29 is 0 Å². The van der Waals surface area contributed by atoms with E-state index in [-0.39, 0.29) is 0 Å². The molecule has 0 unspecified atom stereocenters. The highest BCUT2D eigenvalue weighted by Gasteiger charge is 2.11. The largest absolute Gasteiger partial charge is 0.354 e. The number of fused-ring (bicyclic) bond motifs is 1. The van der Waals surface area contributed by atoms with Crippen molar-refractivity contribution in [2.75, 3.05) is 6.26 Å². The molecule has 0 aliphatic rings. The first-order valence-electron chi connectivity index (χ1n) is 5.60. The number of H-pyrrole nitrogens is 1. The molecule has 0 aliphatic heterocycles. The Kier molecular flexibility index (Phi) is 2.65. The van der Waals surface area contributed by atoms with Crippen molar-refractivity contribution in [3.8, 4) is 11.3 Å². The molecular formula is C15H13NS. The highest BCUT2D eigenvalue weighted by Crippen LogP contribution is 2.36. The van der Waals surface area contributed by atoms with Crippen LogP contribution in [0.5, 0.6) is 0 Å². The van der Waals surface area contributed by atoms with Gasteiger partial charge in [0.1, 0.15) is 0 Å². The lowest BCUT2D eigenvalue weighted by atomic mass is 10.1. The summed E-state index contributed by atoms with van der Waals surface area (Å²) in [7, 11) is 0. The van der Waals surface area contributed by atoms with Gasteiger partial charge in [-0.05, 0) is 17.9 Å². The van der Waals surface area contributed by atoms with Gasteiger partial charge < -0.3 is 4.98 Å². The van der Waals surface area contributed by atoms with Crippen LogP contribution in [0.4, 0.5) is 0 Å². The lowest BCUT2D eigenvalue weighted by molar-refractivity contribution is 1.40. The third-order valence-electron chi connectivity index (χ3n) is 2.93. The molecule has 0 spiro atoms. The zero-order valence-corrected chi connectivity index (χ0v) is 10.4. The van der Waals surface area contributed by atoms with Crippen molar-refractivity contribution >= 4 is 22.7 Å². The molecule has 2 heteroatoms. The van der Waals surface area contributed by atoms with Crippen LogP contribution in [0.3, 0.4) is 0 Å². The topological polar surface area (TPSA) is 15.8 Å². The van der Waals surface area contributed by atoms with E-state index in [1.54, 1.807) is 11.8 Å². The molecule has 0 atom stereocenters. The fraction of sp³-hybridized carbons (Fsp3) is 0.0667. The van der Waals surface area contributed by atoms with Gasteiger partial charge in [-0.15, -0.1) is 11.8 Å². The molecule has 0 fully saturated rings. The summed E-state index contributed by atoms with van der Waals surface area (Å²) < 4.78 is 0. The lowest BCUT2D eigenvalue weighted by Crippen LogP contribution is -1.78. The Morgan fingerprint density at radius 1 is 0.882 bits per heavy atom. The predicted molar refractivity (Wildman–Crippen MR) is 75.5 cm³/mol. The quantitative estimate of drug-likeness (QED) is 0.648. The van der Waals surface area contributed by atoms with Gasteiger partial charge in [0.15, 0.2) is 0 Å². The molecule has 3 rings (SSSR count). The van der Waals surface area contributed by atoms with Gasteiger partial charge in [-0.2, -0.15) is 0 Å². The Morgan fingerprint density at radius 3 is 2.35 bits per heavy atom. The van der Waals surface area contributed by atoms with Crippen molar-refractivity contribution in [2.45, 2.75) is 4.90 Å². The summed E-state index contributed by atoms with van der Waals surface area (Å²) in [5, 5.41) is 1.30. The van der Waals surface area contributed by atoms with Crippen LogP contribution >= 0.6 is 11.8 Å². The Balaban J connectivity index is 2.30. The number of hydrogen-bond acceptors (Lipinski definition) is 1. The van der Waals surface area contributed by atoms with E-state index in [1.165, 1.54) is 27.1 Å². The SMILES string of the molecule is CSc1c(-c2ccccc2)[nH]c2ccccc12. The fourth-order valence-electron chi connectivity index (χ4n) is 2.14. The van der Waals surface area contributed by atoms with E-state index in [0.29, 0.717) is 0 Å². The number of hydrogen-bond donors (Lipinski definition) is 1. The average Bonchev–Trinajstić information content (AvgIpc) is 2.78. The van der Waals surface area contributed by atoms with Crippen molar-refractivity contribution in [2.24, 2.45) is 0 Å². The summed E-state index contributed by atoms with van der Waals surface area (Å²) in [5.41, 5.74) is 3.67. The summed E-state index contributed by atoms with van der Waals surface area (Å²) >= 11 is 1.80. The van der Waals surface area contributed by atoms with E-state index < -0.39 is 0 Å². The second kappa shape index (κ2) is 4.30. The number of aromatic amines is 1. The normalized spacial score (nSPS) is 10.9. The molecule has 0 aliphatic carbocycles. The van der Waals surface area contributed by atoms with E-state index in [2.05, 4.69) is 59.8 Å². The van der Waals surface area contributed by atoms with Crippen molar-refractivity contribution in [3.63, 3.8) is 0 Å². The first-order valence-corrected chi connectivity index (χ1v) is 6.83. The minimum absolute atomic E-state index is 1.20. The van der Waals surface area contributed by atoms with Crippen LogP contribution in [-0.2, 0) is 0 Å². The van der Waals surface area contributed by atoms with Gasteiger partial charge in [0.25, 0.3) is 0 Å². The molecular weight excluding hydrogens is 226 g/mol. The number of nitrogens with one attached hydrogen (secondary N) is 1. The molecule has 0 saturated carbocycles. The Hall–Kier alpha value is -1.67. The van der Waals surface area contributed by atoms with Crippen LogP contribution < -0.4 is 0 Å². The maximum Gasteiger partial charge on any atom is 0.0602 e. The maximum absolute atomic E-state index is 3.51. The van der Waals surface area contributed by atoms with E-state index in [9.17, 15) is 0 Å². The van der Waals surface area contributed by atoms with Crippen LogP contribution in [0.15, 0.2) is 59.5 Å². The number of rotatable bonds is 2. The Labute approximate surface area is 105 Å². The van der Waals surface area contributed by atoms with Crippen LogP contribution in [-0.4, -0.2) is 11.2 Å². The smallest absolute Gasteiger partial charge is 0.0602 e. The van der Waals surface area contributed by atoms with Crippen LogP contribution in [0, 0.1) is 0 Å². The highest BCUT2D eigenvalue weighted by molar-refractivity contribution is 7.99. The number of benzene rings is 2. The van der Waals surface area contributed by atoms with E-state index in [1.807, 2.05) is 6.07 Å². The van der Waals surface area contributed by atoms with E-state index in [0.717, 1.165) is 0 Å². The molecule has 2 aromatic carbocycles. The molecule has 1 N–H and O–H groups in total. The monoisotopic (exact) mass is 239 g/mol. The molecule has 3 aromatic rings. The minimum Gasteiger partial charge on any atom is -0.354 e. The number of aromatic nitrogens is 1. The molecule has 17 heavy (non-hydrogen) atoms. The van der Waals surface area contributed by atoms with Gasteiger partial charge in [-0.25, -0.2) is 0 Å². The zero-order valence-electron chi connectivity index (χ0n) is 9.60. The maximum atomic E-state index is 3.51. The standard InChI is InChI=1S/C15H13NS/c1-17-15-12-9-5-6-10-13(12)16-14(15)11-7-3-2-4-8-11/h2-10,16H,1H3. The predicted octanol–water partition coefficient (Wildman–Crippen LogP) is 4.56. The molecule has 0 bridgehead atoms. The molecule has 0 saturated heterocycles. The van der Waals surface area contributed by atoms with Crippen molar-refractivity contribution in [3.05, 3.63) is 54.6 Å². The first kappa shape index (κ1) is 10.5. The Bertz CT molecular complexity index is 640. The molecule has 1 aromatic heterocycles. The third-order valence-corrected chi connectivity index (χ3v) is 3.76. The molecule has 0 radical (unpaired) electrons. The molecule has 84 valence electrons. The van der Waals surface area contributed by atoms with E-state index >= 15 is 0 Å². The van der Waals surface area contributed by atoms with Gasteiger partial charge in [-0.3, -0.25) is 0 Å². The third kappa shape index (κ3) is 1.75. The number of thioether (sulfide) groups is 1. The van der Waals surface area contributed by atoms with Crippen molar-refractivity contribution in [1.29, 1.82) is 0 Å². The Morgan fingerprint density at radius 2 is 1.59 bits per heavy atom. The van der Waals surface area contributed by atoms with Crippen molar-refractivity contribution in [1.82, 2.24) is 4.98 Å². The molecule has 1 heterocycles. The second-order valence-corrected chi connectivity index (χ2v) is 4.76. The van der Waals surface area contributed by atoms with Crippen LogP contribution in [0.25, 0.3) is 22.2 Å². The molecule has 1 nitrogen and oxygen atoms in total. The van der Waals surface area contributed by atoms with Crippen LogP contribution in [0.1, 0.15) is 0 Å². The van der Waals surface area contributed by atoms with Crippen LogP contribution in [0.2, 0.25) is 0 Å². The van der Waals surface area contributed by atoms with Gasteiger partial charge in [-0.1, -0.05) is 48.5 Å². The first-order chi connectivity index (χ1) is 8.40. The lowest BCUT2D eigenvalue weighted by Gasteiger charge is -2.01. The summed E-state index contributed by atoms with van der Waals surface area (Å²) in [6.45, 7) is 0. The summed E-state index contributed by atoms with van der Waals surface area (Å²) in [4.78, 5) is 4.84. The summed E-state index contributed by atoms with van der Waals surface area (Å²) in [5.74, 6) is 0.